The molecule has 4 nitrogen and oxygen atoms in total. The van der Waals surface area contributed by atoms with E-state index in [2.05, 4.69) is 0 Å². The number of aromatic hydroxyl groups is 2. The second kappa shape index (κ2) is 6.22. The summed E-state index contributed by atoms with van der Waals surface area (Å²) >= 11 is 0. The molecule has 0 amide bonds. The Kier molecular flexibility index (Phi) is 4.32. The first-order valence-electron chi connectivity index (χ1n) is 8.57. The van der Waals surface area contributed by atoms with Crippen LogP contribution in [-0.2, 0) is 5.60 Å². The van der Waals surface area contributed by atoms with E-state index in [0.717, 1.165) is 11.1 Å². The van der Waals surface area contributed by atoms with E-state index < -0.39 is 11.5 Å². The highest BCUT2D eigenvalue weighted by Gasteiger charge is 2.45. The Morgan fingerprint density at radius 3 is 2.00 bits per heavy atom. The van der Waals surface area contributed by atoms with E-state index in [4.69, 9.17) is 0 Å². The normalized spacial score (nSPS) is 22.3. The number of aliphatic hydroxyl groups excluding tert-OH is 1. The number of phenolic OH excluding ortho intramolecular Hbond substituents is 2. The third-order valence-corrected chi connectivity index (χ3v) is 5.27. The molecule has 0 aliphatic heterocycles. The second-order valence-corrected chi connectivity index (χ2v) is 7.13. The second-order valence-electron chi connectivity index (χ2n) is 7.13. The minimum atomic E-state index is -1.66. The minimum Gasteiger partial charge on any atom is -0.509 e. The van der Waals surface area contributed by atoms with Gasteiger partial charge in [-0.25, -0.2) is 0 Å². The lowest BCUT2D eigenvalue weighted by atomic mass is 9.71. The van der Waals surface area contributed by atoms with Gasteiger partial charge in [0.1, 0.15) is 17.3 Å². The number of hydrogen-bond acceptors (Lipinski definition) is 4. The first kappa shape index (κ1) is 18.1. The van der Waals surface area contributed by atoms with Crippen LogP contribution in [0.3, 0.4) is 0 Å². The Balaban J connectivity index is 2.26. The molecule has 0 bridgehead atoms. The zero-order valence-corrected chi connectivity index (χ0v) is 15.4. The molecule has 3 rings (SSSR count). The van der Waals surface area contributed by atoms with Crippen LogP contribution in [0.5, 0.6) is 11.5 Å². The van der Waals surface area contributed by atoms with Crippen molar-refractivity contribution in [2.45, 2.75) is 39.2 Å². The van der Waals surface area contributed by atoms with Crippen molar-refractivity contribution in [1.82, 2.24) is 0 Å². The Morgan fingerprint density at radius 1 is 0.769 bits per heavy atom. The largest absolute Gasteiger partial charge is 0.509 e. The van der Waals surface area contributed by atoms with Crippen molar-refractivity contribution in [3.05, 3.63) is 81.6 Å². The summed E-state index contributed by atoms with van der Waals surface area (Å²) in [5.41, 5.74) is 2.54. The SMILES string of the molecule is Cc1cc(C2C=CC=C(O)C2(O)c2cc(C)c(O)cc2C)c(C)cc1O. The molecular formula is C22H24O4. The van der Waals surface area contributed by atoms with Crippen LogP contribution in [0.25, 0.3) is 0 Å². The van der Waals surface area contributed by atoms with Gasteiger partial charge in [-0.2, -0.15) is 0 Å². The van der Waals surface area contributed by atoms with Gasteiger partial charge in [0.25, 0.3) is 0 Å². The average Bonchev–Trinajstić information content (AvgIpc) is 2.57. The zero-order valence-electron chi connectivity index (χ0n) is 15.4. The monoisotopic (exact) mass is 352 g/mol. The molecule has 1 aliphatic carbocycles. The number of rotatable bonds is 2. The van der Waals surface area contributed by atoms with E-state index in [1.807, 2.05) is 19.1 Å². The Morgan fingerprint density at radius 2 is 1.35 bits per heavy atom. The summed E-state index contributed by atoms with van der Waals surface area (Å²) in [5.74, 6) is -0.332. The van der Waals surface area contributed by atoms with Crippen LogP contribution in [-0.4, -0.2) is 20.4 Å². The van der Waals surface area contributed by atoms with E-state index in [9.17, 15) is 20.4 Å². The fourth-order valence-corrected chi connectivity index (χ4v) is 3.69. The van der Waals surface area contributed by atoms with Crippen molar-refractivity contribution in [3.63, 3.8) is 0 Å². The van der Waals surface area contributed by atoms with E-state index in [-0.39, 0.29) is 17.3 Å². The molecule has 0 saturated heterocycles. The lowest BCUT2D eigenvalue weighted by molar-refractivity contribution is 0.0155. The molecule has 4 N–H and O–H groups in total. The zero-order chi connectivity index (χ0) is 19.2. The summed E-state index contributed by atoms with van der Waals surface area (Å²) in [5, 5.41) is 42.3. The van der Waals surface area contributed by atoms with Gasteiger partial charge in [0.05, 0.1) is 0 Å². The molecule has 0 fully saturated rings. The van der Waals surface area contributed by atoms with Gasteiger partial charge >= 0.3 is 0 Å². The summed E-state index contributed by atoms with van der Waals surface area (Å²) in [7, 11) is 0. The van der Waals surface area contributed by atoms with Crippen LogP contribution >= 0.6 is 0 Å². The van der Waals surface area contributed by atoms with Crippen molar-refractivity contribution >= 4 is 0 Å². The van der Waals surface area contributed by atoms with Crippen LogP contribution < -0.4 is 0 Å². The highest BCUT2D eigenvalue weighted by Crippen LogP contribution is 2.48. The Bertz CT molecular complexity index is 940. The molecule has 2 aromatic rings. The van der Waals surface area contributed by atoms with Crippen LogP contribution in [0.2, 0.25) is 0 Å². The number of aliphatic hydroxyl groups is 2. The number of aryl methyl sites for hydroxylation is 4. The third-order valence-electron chi connectivity index (χ3n) is 5.27. The lowest BCUT2D eigenvalue weighted by Gasteiger charge is -2.38. The van der Waals surface area contributed by atoms with Crippen molar-refractivity contribution < 1.29 is 20.4 Å². The van der Waals surface area contributed by atoms with Crippen molar-refractivity contribution in [2.24, 2.45) is 0 Å². The maximum Gasteiger partial charge on any atom is 0.157 e. The molecule has 2 unspecified atom stereocenters. The molecule has 0 spiro atoms. The fourth-order valence-electron chi connectivity index (χ4n) is 3.69. The third kappa shape index (κ3) is 2.67. The van der Waals surface area contributed by atoms with Crippen LogP contribution in [0.15, 0.2) is 48.3 Å². The van der Waals surface area contributed by atoms with Gasteiger partial charge < -0.3 is 20.4 Å². The number of benzene rings is 2. The highest BCUT2D eigenvalue weighted by molar-refractivity contribution is 5.53. The van der Waals surface area contributed by atoms with Gasteiger partial charge in [-0.1, -0.05) is 18.2 Å². The molecule has 0 radical (unpaired) electrons. The number of phenols is 2. The predicted molar refractivity (Wildman–Crippen MR) is 102 cm³/mol. The van der Waals surface area contributed by atoms with Crippen LogP contribution in [0, 0.1) is 27.7 Å². The number of allylic oxidation sites excluding steroid dienone is 2. The van der Waals surface area contributed by atoms with E-state index in [0.29, 0.717) is 22.3 Å². The van der Waals surface area contributed by atoms with Gasteiger partial charge in [-0.05, 0) is 85.4 Å². The predicted octanol–water partition coefficient (Wildman–Crippen LogP) is 4.31. The van der Waals surface area contributed by atoms with Crippen molar-refractivity contribution in [2.75, 3.05) is 0 Å². The summed E-state index contributed by atoms with van der Waals surface area (Å²) < 4.78 is 0. The molecule has 0 saturated carbocycles. The smallest absolute Gasteiger partial charge is 0.157 e. The van der Waals surface area contributed by atoms with Gasteiger partial charge in [-0.15, -0.1) is 0 Å². The highest BCUT2D eigenvalue weighted by atomic mass is 16.3. The molecule has 0 aromatic heterocycles. The number of hydrogen-bond donors (Lipinski definition) is 4. The molecule has 26 heavy (non-hydrogen) atoms. The average molecular weight is 352 g/mol. The first-order chi connectivity index (χ1) is 12.2. The molecule has 2 atom stereocenters. The van der Waals surface area contributed by atoms with Crippen molar-refractivity contribution in [1.29, 1.82) is 0 Å². The van der Waals surface area contributed by atoms with E-state index in [1.54, 1.807) is 45.0 Å². The topological polar surface area (TPSA) is 80.9 Å². The van der Waals surface area contributed by atoms with Crippen molar-refractivity contribution in [3.8, 4) is 11.5 Å². The van der Waals surface area contributed by atoms with Gasteiger partial charge in [-0.3, -0.25) is 0 Å². The Hall–Kier alpha value is -2.72. The molecule has 2 aromatic carbocycles. The molecular weight excluding hydrogens is 328 g/mol. The molecule has 4 heteroatoms. The maximum absolute atomic E-state index is 11.7. The van der Waals surface area contributed by atoms with Gasteiger partial charge in [0.15, 0.2) is 5.60 Å². The van der Waals surface area contributed by atoms with Crippen LogP contribution in [0.1, 0.15) is 39.3 Å². The van der Waals surface area contributed by atoms with Gasteiger partial charge in [0.2, 0.25) is 0 Å². The summed E-state index contributed by atoms with van der Waals surface area (Å²) in [6.07, 6.45) is 5.06. The van der Waals surface area contributed by atoms with Crippen LogP contribution in [0.4, 0.5) is 0 Å². The summed E-state index contributed by atoms with van der Waals surface area (Å²) in [6.45, 7) is 7.22. The lowest BCUT2D eigenvalue weighted by Crippen LogP contribution is -2.37. The quantitative estimate of drug-likeness (QED) is 0.649. The molecule has 0 heterocycles. The van der Waals surface area contributed by atoms with E-state index in [1.165, 1.54) is 6.08 Å². The summed E-state index contributed by atoms with van der Waals surface area (Å²) in [6, 6.07) is 6.82. The minimum absolute atomic E-state index is 0.150. The molecule has 136 valence electrons. The molecule has 1 aliphatic rings. The standard InChI is InChI=1S/C22H24O4/c1-12-10-19(23)14(3)8-16(12)17-6-5-7-21(25)22(17,26)18-9-15(4)20(24)11-13(18)2/h5-11,17,23-26H,1-4H3. The van der Waals surface area contributed by atoms with Gasteiger partial charge in [0, 0.05) is 5.92 Å². The fraction of sp³-hybridized carbons (Fsp3) is 0.273. The Labute approximate surface area is 153 Å². The van der Waals surface area contributed by atoms with E-state index >= 15 is 0 Å². The summed E-state index contributed by atoms with van der Waals surface area (Å²) in [4.78, 5) is 0. The maximum atomic E-state index is 11.7. The first-order valence-corrected chi connectivity index (χ1v) is 8.57.